The summed E-state index contributed by atoms with van der Waals surface area (Å²) in [5.74, 6) is 2.43. The van der Waals surface area contributed by atoms with Gasteiger partial charge in [-0.3, -0.25) is 4.90 Å². The number of likely N-dealkylation sites (N-methyl/N-ethyl adjacent to an activating group) is 1. The summed E-state index contributed by atoms with van der Waals surface area (Å²) in [4.78, 5) is 13.2. The third kappa shape index (κ3) is 3.14. The number of H-pyrrole nitrogens is 1. The summed E-state index contributed by atoms with van der Waals surface area (Å²) in [6.07, 6.45) is 0. The van der Waals surface area contributed by atoms with Gasteiger partial charge in [-0.2, -0.15) is 0 Å². The van der Waals surface area contributed by atoms with Crippen LogP contribution < -0.4 is 9.47 Å². The molecule has 2 heterocycles. The maximum Gasteiger partial charge on any atom is 0.163 e. The lowest BCUT2D eigenvalue weighted by atomic mass is 10.2. The number of nitrogens with one attached hydrogen (secondary N) is 1. The third-order valence-electron chi connectivity index (χ3n) is 4.80. The maximum absolute atomic E-state index is 5.37. The molecule has 3 rings (SSSR count). The highest BCUT2D eigenvalue weighted by molar-refractivity contribution is 5.79. The first-order valence-electron chi connectivity index (χ1n) is 8.24. The van der Waals surface area contributed by atoms with Gasteiger partial charge in [0, 0.05) is 38.3 Å². The van der Waals surface area contributed by atoms with Crippen LogP contribution in [0.2, 0.25) is 0 Å². The molecule has 6 heteroatoms. The first kappa shape index (κ1) is 16.1. The molecule has 0 aliphatic carbocycles. The van der Waals surface area contributed by atoms with Crippen LogP contribution in [0.5, 0.6) is 11.5 Å². The zero-order valence-corrected chi connectivity index (χ0v) is 14.4. The van der Waals surface area contributed by atoms with E-state index in [1.165, 1.54) is 0 Å². The highest BCUT2D eigenvalue weighted by Crippen LogP contribution is 2.32. The smallest absolute Gasteiger partial charge is 0.163 e. The van der Waals surface area contributed by atoms with E-state index in [2.05, 4.69) is 28.6 Å². The van der Waals surface area contributed by atoms with Crippen LogP contribution in [0, 0.1) is 0 Å². The van der Waals surface area contributed by atoms with E-state index < -0.39 is 0 Å². The Morgan fingerprint density at radius 1 is 1.13 bits per heavy atom. The van der Waals surface area contributed by atoms with Crippen molar-refractivity contribution >= 4 is 11.0 Å². The molecule has 1 fully saturated rings. The molecule has 0 spiro atoms. The lowest BCUT2D eigenvalue weighted by molar-refractivity contribution is 0.103. The molecule has 0 bridgehead atoms. The highest BCUT2D eigenvalue weighted by Gasteiger charge is 2.23. The van der Waals surface area contributed by atoms with E-state index in [4.69, 9.17) is 14.5 Å². The van der Waals surface area contributed by atoms with Crippen molar-refractivity contribution in [3.63, 3.8) is 0 Å². The van der Waals surface area contributed by atoms with E-state index in [0.29, 0.717) is 5.75 Å². The lowest BCUT2D eigenvalue weighted by Crippen LogP contribution is -2.47. The predicted octanol–water partition coefficient (Wildman–Crippen LogP) is 2.28. The molecule has 6 nitrogen and oxygen atoms in total. The molecule has 0 radical (unpaired) electrons. The molecule has 0 saturated carbocycles. The van der Waals surface area contributed by atoms with Gasteiger partial charge in [-0.1, -0.05) is 6.92 Å². The molecule has 1 unspecified atom stereocenters. The average molecular weight is 318 g/mol. The summed E-state index contributed by atoms with van der Waals surface area (Å²) in [7, 11) is 3.30. The zero-order chi connectivity index (χ0) is 16.4. The Bertz CT molecular complexity index is 621. The van der Waals surface area contributed by atoms with Gasteiger partial charge >= 0.3 is 0 Å². The quantitative estimate of drug-likeness (QED) is 0.916. The van der Waals surface area contributed by atoms with E-state index in [-0.39, 0.29) is 6.04 Å². The number of benzene rings is 1. The molecular weight excluding hydrogens is 292 g/mol. The molecule has 1 aliphatic rings. The molecular formula is C17H26N4O2. The van der Waals surface area contributed by atoms with Gasteiger partial charge in [0.15, 0.2) is 11.5 Å². The van der Waals surface area contributed by atoms with Crippen molar-refractivity contribution < 1.29 is 9.47 Å². The molecule has 1 aromatic heterocycles. The van der Waals surface area contributed by atoms with Crippen molar-refractivity contribution in [2.75, 3.05) is 46.9 Å². The van der Waals surface area contributed by atoms with Gasteiger partial charge in [-0.15, -0.1) is 0 Å². The molecule has 126 valence electrons. The Labute approximate surface area is 137 Å². The van der Waals surface area contributed by atoms with Crippen LogP contribution in [0.25, 0.3) is 11.0 Å². The Hall–Kier alpha value is -1.79. The number of aromatic nitrogens is 2. The largest absolute Gasteiger partial charge is 0.493 e. The minimum absolute atomic E-state index is 0.276. The molecule has 23 heavy (non-hydrogen) atoms. The average Bonchev–Trinajstić information content (AvgIpc) is 3.02. The Balaban J connectivity index is 1.82. The number of imidazole rings is 1. The van der Waals surface area contributed by atoms with Crippen LogP contribution in [0.15, 0.2) is 12.1 Å². The summed E-state index contributed by atoms with van der Waals surface area (Å²) < 4.78 is 10.7. The fraction of sp³-hybridized carbons (Fsp3) is 0.588. The monoisotopic (exact) mass is 318 g/mol. The van der Waals surface area contributed by atoms with Crippen LogP contribution in [0.1, 0.15) is 25.7 Å². The first-order chi connectivity index (χ1) is 11.2. The Morgan fingerprint density at radius 2 is 1.78 bits per heavy atom. The van der Waals surface area contributed by atoms with Crippen LogP contribution in [0.4, 0.5) is 0 Å². The molecule has 1 N–H and O–H groups in total. The Morgan fingerprint density at radius 3 is 2.39 bits per heavy atom. The number of methoxy groups -OCH3 is 2. The second kappa shape index (κ2) is 6.76. The molecule has 1 aromatic carbocycles. The lowest BCUT2D eigenvalue weighted by Gasteiger charge is -2.36. The van der Waals surface area contributed by atoms with Crippen molar-refractivity contribution in [1.82, 2.24) is 19.8 Å². The number of hydrogen-bond donors (Lipinski definition) is 1. The maximum atomic E-state index is 5.37. The van der Waals surface area contributed by atoms with Crippen molar-refractivity contribution in [1.29, 1.82) is 0 Å². The van der Waals surface area contributed by atoms with E-state index in [9.17, 15) is 0 Å². The van der Waals surface area contributed by atoms with Gasteiger partial charge in [0.1, 0.15) is 5.82 Å². The van der Waals surface area contributed by atoms with Gasteiger partial charge in [-0.25, -0.2) is 4.98 Å². The summed E-state index contributed by atoms with van der Waals surface area (Å²) >= 11 is 0. The number of hydrogen-bond acceptors (Lipinski definition) is 5. The van der Waals surface area contributed by atoms with Gasteiger partial charge in [0.05, 0.1) is 31.3 Å². The van der Waals surface area contributed by atoms with E-state index in [1.807, 2.05) is 12.1 Å². The van der Waals surface area contributed by atoms with Crippen molar-refractivity contribution in [2.24, 2.45) is 0 Å². The summed E-state index contributed by atoms with van der Waals surface area (Å²) in [6.45, 7) is 9.99. The molecule has 0 amide bonds. The van der Waals surface area contributed by atoms with Crippen LogP contribution in [-0.2, 0) is 0 Å². The van der Waals surface area contributed by atoms with Crippen LogP contribution >= 0.6 is 0 Å². The number of rotatable bonds is 5. The number of ether oxygens (including phenoxy) is 2. The molecule has 1 atom stereocenters. The number of aromatic amines is 1. The number of nitrogens with zero attached hydrogens (tertiary/aromatic N) is 3. The second-order valence-corrected chi connectivity index (χ2v) is 5.99. The fourth-order valence-electron chi connectivity index (χ4n) is 3.19. The van der Waals surface area contributed by atoms with Crippen molar-refractivity contribution in [3.8, 4) is 11.5 Å². The fourth-order valence-corrected chi connectivity index (χ4v) is 3.19. The van der Waals surface area contributed by atoms with Crippen molar-refractivity contribution in [2.45, 2.75) is 19.9 Å². The molecule has 1 saturated heterocycles. The topological polar surface area (TPSA) is 53.6 Å². The van der Waals surface area contributed by atoms with Gasteiger partial charge < -0.3 is 19.4 Å². The normalized spacial score (nSPS) is 18.3. The number of fused-ring (bicyclic) bond motifs is 1. The second-order valence-electron chi connectivity index (χ2n) is 5.99. The van der Waals surface area contributed by atoms with Gasteiger partial charge in [0.25, 0.3) is 0 Å². The molecule has 2 aromatic rings. The number of piperazine rings is 1. The summed E-state index contributed by atoms with van der Waals surface area (Å²) in [5, 5.41) is 0. The van der Waals surface area contributed by atoms with Gasteiger partial charge in [0.2, 0.25) is 0 Å². The summed E-state index contributed by atoms with van der Waals surface area (Å²) in [6, 6.07) is 4.15. The minimum Gasteiger partial charge on any atom is -0.493 e. The summed E-state index contributed by atoms with van der Waals surface area (Å²) in [5.41, 5.74) is 1.90. The van der Waals surface area contributed by atoms with E-state index in [1.54, 1.807) is 14.2 Å². The third-order valence-corrected chi connectivity index (χ3v) is 4.80. The highest BCUT2D eigenvalue weighted by atomic mass is 16.5. The van der Waals surface area contributed by atoms with Crippen LogP contribution in [-0.4, -0.2) is 66.7 Å². The standard InChI is InChI=1S/C17H26N4O2/c1-5-20-6-8-21(9-7-20)12(2)17-18-13-10-15(22-3)16(23-4)11-14(13)19-17/h10-12H,5-9H2,1-4H3,(H,18,19). The predicted molar refractivity (Wildman–Crippen MR) is 91.3 cm³/mol. The van der Waals surface area contributed by atoms with E-state index >= 15 is 0 Å². The minimum atomic E-state index is 0.276. The Kier molecular flexibility index (Phi) is 4.73. The van der Waals surface area contributed by atoms with Crippen molar-refractivity contribution in [3.05, 3.63) is 18.0 Å². The van der Waals surface area contributed by atoms with E-state index in [0.717, 1.165) is 55.3 Å². The first-order valence-corrected chi connectivity index (χ1v) is 8.24. The SMILES string of the molecule is CCN1CCN(C(C)c2nc3cc(OC)c(OC)cc3[nH]2)CC1. The zero-order valence-electron chi connectivity index (χ0n) is 14.4. The van der Waals surface area contributed by atoms with Crippen LogP contribution in [0.3, 0.4) is 0 Å². The van der Waals surface area contributed by atoms with Gasteiger partial charge in [-0.05, 0) is 13.5 Å². The molecule has 1 aliphatic heterocycles.